The molecule has 0 unspecified atom stereocenters. The minimum absolute atomic E-state index is 0.0538. The van der Waals surface area contributed by atoms with Gasteiger partial charge in [-0.25, -0.2) is 0 Å². The zero-order valence-corrected chi connectivity index (χ0v) is 10.7. The molecule has 78 valence electrons. The Morgan fingerprint density at radius 1 is 1.40 bits per heavy atom. The smallest absolute Gasteiger partial charge is 0.238 e. The van der Waals surface area contributed by atoms with E-state index < -0.39 is 0 Å². The summed E-state index contributed by atoms with van der Waals surface area (Å²) < 4.78 is 5.80. The number of rotatable bonds is 2. The van der Waals surface area contributed by atoms with Gasteiger partial charge in [-0.05, 0) is 53.5 Å². The molecule has 0 amide bonds. The van der Waals surface area contributed by atoms with Crippen molar-refractivity contribution >= 4 is 33.0 Å². The van der Waals surface area contributed by atoms with E-state index in [1.165, 1.54) is 16.2 Å². The van der Waals surface area contributed by atoms with E-state index in [0.29, 0.717) is 10.4 Å². The first kappa shape index (κ1) is 10.6. The fourth-order valence-electron chi connectivity index (χ4n) is 1.24. The highest BCUT2D eigenvalue weighted by molar-refractivity contribution is 9.10. The second kappa shape index (κ2) is 3.94. The Bertz CT molecular complexity index is 491. The number of furan rings is 1. The van der Waals surface area contributed by atoms with Crippen molar-refractivity contribution < 1.29 is 9.21 Å². The van der Waals surface area contributed by atoms with Gasteiger partial charge >= 0.3 is 0 Å². The summed E-state index contributed by atoms with van der Waals surface area (Å²) in [4.78, 5) is 13.8. The number of thiophene rings is 1. The molecule has 0 bridgehead atoms. The average Bonchev–Trinajstić information content (AvgIpc) is 2.74. The fourth-order valence-corrected chi connectivity index (χ4v) is 2.53. The van der Waals surface area contributed by atoms with Gasteiger partial charge in [0.25, 0.3) is 0 Å². The van der Waals surface area contributed by atoms with Gasteiger partial charge in [-0.2, -0.15) is 0 Å². The van der Waals surface area contributed by atoms with Gasteiger partial charge < -0.3 is 4.42 Å². The van der Waals surface area contributed by atoms with E-state index in [9.17, 15) is 4.79 Å². The standard InChI is InChI=1S/C11H9BrO2S/c1-6-5-9(15-7(6)2)11(13)8-3-4-10(12)14-8/h3-5H,1-2H3. The highest BCUT2D eigenvalue weighted by Gasteiger charge is 2.16. The van der Waals surface area contributed by atoms with Gasteiger partial charge in [-0.1, -0.05) is 0 Å². The van der Waals surface area contributed by atoms with Gasteiger partial charge in [-0.15, -0.1) is 11.3 Å². The maximum atomic E-state index is 11.9. The molecule has 2 nitrogen and oxygen atoms in total. The molecule has 0 spiro atoms. The van der Waals surface area contributed by atoms with Crippen molar-refractivity contribution in [3.05, 3.63) is 43.9 Å². The van der Waals surface area contributed by atoms with Crippen LogP contribution in [0.15, 0.2) is 27.3 Å². The van der Waals surface area contributed by atoms with Gasteiger partial charge in [0.1, 0.15) is 0 Å². The van der Waals surface area contributed by atoms with Crippen LogP contribution in [0.25, 0.3) is 0 Å². The summed E-state index contributed by atoms with van der Waals surface area (Å²) >= 11 is 4.68. The Labute approximate surface area is 100 Å². The molecule has 2 aromatic heterocycles. The number of carbonyl (C=O) groups excluding carboxylic acids is 1. The highest BCUT2D eigenvalue weighted by Crippen LogP contribution is 2.25. The van der Waals surface area contributed by atoms with Crippen LogP contribution >= 0.6 is 27.3 Å². The Balaban J connectivity index is 2.36. The van der Waals surface area contributed by atoms with Crippen molar-refractivity contribution in [3.8, 4) is 0 Å². The lowest BCUT2D eigenvalue weighted by atomic mass is 10.2. The number of aryl methyl sites for hydroxylation is 2. The molecule has 2 aromatic rings. The minimum atomic E-state index is -0.0538. The summed E-state index contributed by atoms with van der Waals surface area (Å²) in [6.07, 6.45) is 0. The van der Waals surface area contributed by atoms with Crippen molar-refractivity contribution in [1.82, 2.24) is 0 Å². The van der Waals surface area contributed by atoms with Crippen LogP contribution in [0.5, 0.6) is 0 Å². The van der Waals surface area contributed by atoms with E-state index in [1.54, 1.807) is 12.1 Å². The Hall–Kier alpha value is -0.870. The van der Waals surface area contributed by atoms with Crippen LogP contribution in [0, 0.1) is 13.8 Å². The van der Waals surface area contributed by atoms with Crippen molar-refractivity contribution in [2.75, 3.05) is 0 Å². The Morgan fingerprint density at radius 2 is 2.13 bits per heavy atom. The SMILES string of the molecule is Cc1cc(C(=O)c2ccc(Br)o2)sc1C. The summed E-state index contributed by atoms with van der Waals surface area (Å²) in [5.41, 5.74) is 1.15. The second-order valence-electron chi connectivity index (χ2n) is 3.28. The maximum absolute atomic E-state index is 11.9. The second-order valence-corrected chi connectivity index (χ2v) is 5.32. The molecule has 0 radical (unpaired) electrons. The summed E-state index contributed by atoms with van der Waals surface area (Å²) in [6.45, 7) is 4.01. The molecule has 2 heterocycles. The summed E-state index contributed by atoms with van der Waals surface area (Å²) in [5.74, 6) is 0.324. The zero-order valence-electron chi connectivity index (χ0n) is 8.33. The van der Waals surface area contributed by atoms with E-state index in [-0.39, 0.29) is 5.78 Å². The number of carbonyl (C=O) groups is 1. The van der Waals surface area contributed by atoms with Crippen molar-refractivity contribution in [3.63, 3.8) is 0 Å². The topological polar surface area (TPSA) is 30.2 Å². The van der Waals surface area contributed by atoms with Crippen molar-refractivity contribution in [2.24, 2.45) is 0 Å². The number of ketones is 1. The molecule has 4 heteroatoms. The lowest BCUT2D eigenvalue weighted by molar-refractivity contribution is 0.101. The van der Waals surface area contributed by atoms with Crippen molar-refractivity contribution in [1.29, 1.82) is 0 Å². The first-order chi connectivity index (χ1) is 7.08. The lowest BCUT2D eigenvalue weighted by Crippen LogP contribution is -1.95. The normalized spacial score (nSPS) is 10.6. The van der Waals surface area contributed by atoms with E-state index >= 15 is 0 Å². The monoisotopic (exact) mass is 284 g/mol. The molecule has 0 N–H and O–H groups in total. The molecule has 0 saturated heterocycles. The van der Waals surface area contributed by atoms with Gasteiger partial charge in [-0.3, -0.25) is 4.79 Å². The fraction of sp³-hybridized carbons (Fsp3) is 0.182. The highest BCUT2D eigenvalue weighted by atomic mass is 79.9. The summed E-state index contributed by atoms with van der Waals surface area (Å²) in [5, 5.41) is 0. The first-order valence-corrected chi connectivity index (χ1v) is 6.06. The van der Waals surface area contributed by atoms with Crippen LogP contribution in [-0.2, 0) is 0 Å². The molecule has 0 aliphatic heterocycles. The maximum Gasteiger partial charge on any atom is 0.238 e. The van der Waals surface area contributed by atoms with Gasteiger partial charge in [0.05, 0.1) is 4.88 Å². The molecule has 2 rings (SSSR count). The molecule has 0 aliphatic rings. The molecule has 0 aromatic carbocycles. The van der Waals surface area contributed by atoms with Crippen LogP contribution in [0.1, 0.15) is 25.9 Å². The molecule has 0 fully saturated rings. The molecule has 0 saturated carbocycles. The minimum Gasteiger partial charge on any atom is -0.446 e. The molecule has 0 atom stereocenters. The predicted molar refractivity (Wildman–Crippen MR) is 63.6 cm³/mol. The third kappa shape index (κ3) is 2.06. The summed E-state index contributed by atoms with van der Waals surface area (Å²) in [7, 11) is 0. The third-order valence-corrected chi connectivity index (χ3v) is 3.76. The first-order valence-electron chi connectivity index (χ1n) is 4.45. The largest absolute Gasteiger partial charge is 0.446 e. The van der Waals surface area contributed by atoms with Crippen LogP contribution in [0.3, 0.4) is 0 Å². The summed E-state index contributed by atoms with van der Waals surface area (Å²) in [6, 6.07) is 5.30. The van der Waals surface area contributed by atoms with Gasteiger partial charge in [0.15, 0.2) is 10.4 Å². The van der Waals surface area contributed by atoms with Crippen LogP contribution in [0.4, 0.5) is 0 Å². The molecule has 15 heavy (non-hydrogen) atoms. The third-order valence-electron chi connectivity index (χ3n) is 2.19. The van der Waals surface area contributed by atoms with Gasteiger partial charge in [0, 0.05) is 4.88 Å². The Kier molecular flexibility index (Phi) is 2.80. The van der Waals surface area contributed by atoms with Crippen molar-refractivity contribution in [2.45, 2.75) is 13.8 Å². The quantitative estimate of drug-likeness (QED) is 0.782. The average molecular weight is 285 g/mol. The van der Waals surface area contributed by atoms with Gasteiger partial charge in [0.2, 0.25) is 5.78 Å². The predicted octanol–water partition coefficient (Wildman–Crippen LogP) is 3.95. The van der Waals surface area contributed by atoms with E-state index in [2.05, 4.69) is 15.9 Å². The number of hydrogen-bond donors (Lipinski definition) is 0. The van der Waals surface area contributed by atoms with E-state index in [0.717, 1.165) is 10.4 Å². The number of hydrogen-bond acceptors (Lipinski definition) is 3. The van der Waals surface area contributed by atoms with Crippen LogP contribution in [0.2, 0.25) is 0 Å². The number of halogens is 1. The molecular formula is C11H9BrO2S. The van der Waals surface area contributed by atoms with Crippen LogP contribution in [-0.4, -0.2) is 5.78 Å². The van der Waals surface area contributed by atoms with Crippen LogP contribution < -0.4 is 0 Å². The molecule has 0 aliphatic carbocycles. The van der Waals surface area contributed by atoms with E-state index in [4.69, 9.17) is 4.42 Å². The Morgan fingerprint density at radius 3 is 2.60 bits per heavy atom. The molecular weight excluding hydrogens is 276 g/mol. The zero-order chi connectivity index (χ0) is 11.0. The van der Waals surface area contributed by atoms with E-state index in [1.807, 2.05) is 19.9 Å². The lowest BCUT2D eigenvalue weighted by Gasteiger charge is -1.90.